The Bertz CT molecular complexity index is 1430. The van der Waals surface area contributed by atoms with Crippen LogP contribution in [0, 0.1) is 0 Å². The molecule has 0 aromatic heterocycles. The maximum absolute atomic E-state index is 12.9. The molecular formula is C77H142O6. The molecule has 0 aliphatic carbocycles. The van der Waals surface area contributed by atoms with Gasteiger partial charge in [-0.1, -0.05) is 358 Å². The van der Waals surface area contributed by atoms with Crippen molar-refractivity contribution < 1.29 is 28.6 Å². The van der Waals surface area contributed by atoms with Crippen LogP contribution in [0.5, 0.6) is 0 Å². The monoisotopic (exact) mass is 1160 g/mol. The highest BCUT2D eigenvalue weighted by molar-refractivity contribution is 5.71. The van der Waals surface area contributed by atoms with Crippen LogP contribution in [0.2, 0.25) is 0 Å². The minimum atomic E-state index is -0.773. The largest absolute Gasteiger partial charge is 0.462 e. The fraction of sp³-hybridized carbons (Fsp3) is 0.857. The van der Waals surface area contributed by atoms with Crippen LogP contribution < -0.4 is 0 Å². The first-order chi connectivity index (χ1) is 41.0. The van der Waals surface area contributed by atoms with Gasteiger partial charge in [0.25, 0.3) is 0 Å². The second-order valence-corrected chi connectivity index (χ2v) is 25.2. The molecule has 6 nitrogen and oxygen atoms in total. The van der Waals surface area contributed by atoms with Gasteiger partial charge in [0.2, 0.25) is 0 Å². The highest BCUT2D eigenvalue weighted by Crippen LogP contribution is 2.19. The lowest BCUT2D eigenvalue weighted by Gasteiger charge is -2.18. The third-order valence-electron chi connectivity index (χ3n) is 16.8. The zero-order chi connectivity index (χ0) is 59.9. The van der Waals surface area contributed by atoms with Crippen LogP contribution in [0.4, 0.5) is 0 Å². The number of esters is 3. The molecule has 1 atom stereocenters. The quantitative estimate of drug-likeness (QED) is 0.0261. The summed E-state index contributed by atoms with van der Waals surface area (Å²) in [6, 6.07) is 0. The molecule has 486 valence electrons. The number of unbranched alkanes of at least 4 members (excludes halogenated alkanes) is 50. The fourth-order valence-corrected chi connectivity index (χ4v) is 11.2. The molecule has 0 N–H and O–H groups in total. The van der Waals surface area contributed by atoms with Crippen molar-refractivity contribution in [3.05, 3.63) is 48.6 Å². The maximum Gasteiger partial charge on any atom is 0.306 e. The van der Waals surface area contributed by atoms with Crippen molar-refractivity contribution >= 4 is 17.9 Å². The van der Waals surface area contributed by atoms with Crippen molar-refractivity contribution in [2.45, 2.75) is 412 Å². The Labute approximate surface area is 518 Å². The van der Waals surface area contributed by atoms with Crippen molar-refractivity contribution in [2.24, 2.45) is 0 Å². The van der Waals surface area contributed by atoms with Crippen LogP contribution in [0.1, 0.15) is 406 Å². The van der Waals surface area contributed by atoms with Gasteiger partial charge in [0.05, 0.1) is 0 Å². The average Bonchev–Trinajstić information content (AvgIpc) is 3.48. The van der Waals surface area contributed by atoms with Crippen LogP contribution in [0.3, 0.4) is 0 Å². The minimum Gasteiger partial charge on any atom is -0.462 e. The predicted molar refractivity (Wildman–Crippen MR) is 362 cm³/mol. The molecule has 0 spiro atoms. The van der Waals surface area contributed by atoms with Gasteiger partial charge < -0.3 is 14.2 Å². The summed E-state index contributed by atoms with van der Waals surface area (Å²) in [5.74, 6) is -0.851. The Morgan fingerprint density at radius 3 is 0.723 bits per heavy atom. The Morgan fingerprint density at radius 2 is 0.446 bits per heavy atom. The van der Waals surface area contributed by atoms with Gasteiger partial charge in [-0.15, -0.1) is 0 Å². The molecule has 0 amide bonds. The number of rotatable bonds is 69. The summed E-state index contributed by atoms with van der Waals surface area (Å²) in [6.45, 7) is 6.65. The smallest absolute Gasteiger partial charge is 0.306 e. The molecular weight excluding hydrogens is 1020 g/mol. The van der Waals surface area contributed by atoms with E-state index in [2.05, 4.69) is 69.4 Å². The molecule has 0 aromatic carbocycles. The van der Waals surface area contributed by atoms with Gasteiger partial charge in [0.15, 0.2) is 6.10 Å². The topological polar surface area (TPSA) is 78.9 Å². The number of carbonyl (C=O) groups excluding carboxylic acids is 3. The Kier molecular flexibility index (Phi) is 69.6. The second kappa shape index (κ2) is 71.8. The van der Waals surface area contributed by atoms with Crippen molar-refractivity contribution in [1.29, 1.82) is 0 Å². The SMILES string of the molecule is CCCC/C=C\CCCCCCCC(=O)OCC(COC(=O)CCCCCCCCCCCCCCCCCCCC/C=C\C/C=C\C/C=C\CCCCCCC)OC(=O)CCCCCCCCCCCCCCCCCCCCCCC. The number of hydrogen-bond acceptors (Lipinski definition) is 6. The van der Waals surface area contributed by atoms with Gasteiger partial charge in [-0.3, -0.25) is 14.4 Å². The highest BCUT2D eigenvalue weighted by Gasteiger charge is 2.19. The van der Waals surface area contributed by atoms with E-state index in [0.717, 1.165) is 77.0 Å². The molecule has 0 saturated heterocycles. The summed E-state index contributed by atoms with van der Waals surface area (Å²) in [5.41, 5.74) is 0. The summed E-state index contributed by atoms with van der Waals surface area (Å²) in [5, 5.41) is 0. The molecule has 0 saturated carbocycles. The van der Waals surface area contributed by atoms with E-state index in [4.69, 9.17) is 14.2 Å². The normalized spacial score (nSPS) is 12.3. The number of ether oxygens (including phenoxy) is 3. The highest BCUT2D eigenvalue weighted by atomic mass is 16.6. The van der Waals surface area contributed by atoms with Gasteiger partial charge in [-0.25, -0.2) is 0 Å². The van der Waals surface area contributed by atoms with E-state index in [1.165, 1.54) is 289 Å². The van der Waals surface area contributed by atoms with Crippen LogP contribution in [0.15, 0.2) is 48.6 Å². The van der Waals surface area contributed by atoms with Gasteiger partial charge in [0.1, 0.15) is 13.2 Å². The van der Waals surface area contributed by atoms with Crippen molar-refractivity contribution in [3.8, 4) is 0 Å². The Hall–Kier alpha value is -2.63. The van der Waals surface area contributed by atoms with E-state index in [-0.39, 0.29) is 31.1 Å². The predicted octanol–water partition coefficient (Wildman–Crippen LogP) is 25.7. The van der Waals surface area contributed by atoms with Crippen LogP contribution in [-0.4, -0.2) is 37.2 Å². The molecule has 0 aliphatic rings. The molecule has 83 heavy (non-hydrogen) atoms. The van der Waals surface area contributed by atoms with Crippen LogP contribution >= 0.6 is 0 Å². The van der Waals surface area contributed by atoms with E-state index >= 15 is 0 Å². The standard InChI is InChI=1S/C77H142O6/c1-4-7-10-13-16-19-22-24-26-28-30-32-33-34-35-36-37-38-39-40-41-42-43-45-46-48-50-52-55-58-61-64-67-70-76(79)82-73-74(72-81-75(78)69-66-63-60-57-54-21-18-15-12-9-6-3)83-77(80)71-68-65-62-59-56-53-51-49-47-44-31-29-27-25-23-20-17-14-11-8-5-2/h15,18,22,24,28,30,33-34,74H,4-14,16-17,19-21,23,25-27,29,31-32,35-73H2,1-3H3/b18-15-,24-22-,30-28-,34-33-. The van der Waals surface area contributed by atoms with Gasteiger partial charge in [-0.2, -0.15) is 0 Å². The van der Waals surface area contributed by atoms with E-state index in [1.54, 1.807) is 0 Å². The van der Waals surface area contributed by atoms with E-state index < -0.39 is 6.10 Å². The molecule has 0 aromatic rings. The molecule has 0 radical (unpaired) electrons. The first-order valence-electron chi connectivity index (χ1n) is 37.1. The molecule has 1 unspecified atom stereocenters. The lowest BCUT2D eigenvalue weighted by Crippen LogP contribution is -2.30. The molecule has 0 bridgehead atoms. The molecule has 0 heterocycles. The zero-order valence-electron chi connectivity index (χ0n) is 56.0. The Balaban J connectivity index is 4.10. The summed E-state index contributed by atoms with van der Waals surface area (Å²) in [7, 11) is 0. The van der Waals surface area contributed by atoms with Gasteiger partial charge in [-0.05, 0) is 77.0 Å². The van der Waals surface area contributed by atoms with E-state index in [9.17, 15) is 14.4 Å². The third kappa shape index (κ3) is 70.0. The van der Waals surface area contributed by atoms with Crippen LogP contribution in [-0.2, 0) is 28.6 Å². The molecule has 0 fully saturated rings. The number of allylic oxidation sites excluding steroid dienone is 8. The van der Waals surface area contributed by atoms with Crippen molar-refractivity contribution in [1.82, 2.24) is 0 Å². The van der Waals surface area contributed by atoms with Crippen LogP contribution in [0.25, 0.3) is 0 Å². The second-order valence-electron chi connectivity index (χ2n) is 25.2. The average molecular weight is 1160 g/mol. The number of hydrogen-bond donors (Lipinski definition) is 0. The van der Waals surface area contributed by atoms with E-state index in [0.29, 0.717) is 19.3 Å². The molecule has 0 aliphatic heterocycles. The lowest BCUT2D eigenvalue weighted by atomic mass is 10.0. The lowest BCUT2D eigenvalue weighted by molar-refractivity contribution is -0.167. The van der Waals surface area contributed by atoms with Crippen molar-refractivity contribution in [3.63, 3.8) is 0 Å². The zero-order valence-corrected chi connectivity index (χ0v) is 56.0. The summed E-state index contributed by atoms with van der Waals surface area (Å²) in [6.07, 6.45) is 91.7. The molecule has 6 heteroatoms. The van der Waals surface area contributed by atoms with Gasteiger partial charge in [0, 0.05) is 19.3 Å². The Morgan fingerprint density at radius 1 is 0.241 bits per heavy atom. The minimum absolute atomic E-state index is 0.0698. The molecule has 0 rings (SSSR count). The maximum atomic E-state index is 12.9. The van der Waals surface area contributed by atoms with E-state index in [1.807, 2.05) is 0 Å². The van der Waals surface area contributed by atoms with Crippen molar-refractivity contribution in [2.75, 3.05) is 13.2 Å². The summed E-state index contributed by atoms with van der Waals surface area (Å²) >= 11 is 0. The number of carbonyl (C=O) groups is 3. The third-order valence-corrected chi connectivity index (χ3v) is 16.8. The summed E-state index contributed by atoms with van der Waals surface area (Å²) in [4.78, 5) is 38.4. The van der Waals surface area contributed by atoms with Gasteiger partial charge >= 0.3 is 17.9 Å². The first-order valence-corrected chi connectivity index (χ1v) is 37.1. The first kappa shape index (κ1) is 80.4. The fourth-order valence-electron chi connectivity index (χ4n) is 11.2. The summed E-state index contributed by atoms with van der Waals surface area (Å²) < 4.78 is 17.0.